The summed E-state index contributed by atoms with van der Waals surface area (Å²) in [6.45, 7) is 2.19. The van der Waals surface area contributed by atoms with Gasteiger partial charge in [-0.3, -0.25) is 4.79 Å². The molecule has 1 saturated carbocycles. The quantitative estimate of drug-likeness (QED) is 0.924. The highest BCUT2D eigenvalue weighted by Gasteiger charge is 2.26. The Morgan fingerprint density at radius 3 is 2.88 bits per heavy atom. The summed E-state index contributed by atoms with van der Waals surface area (Å²) in [4.78, 5) is 12.0. The van der Waals surface area contributed by atoms with Crippen molar-refractivity contribution in [3.05, 3.63) is 22.6 Å². The lowest BCUT2D eigenvalue weighted by Crippen LogP contribution is -2.41. The molecule has 0 spiro atoms. The fourth-order valence-corrected chi connectivity index (χ4v) is 2.87. The van der Waals surface area contributed by atoms with Crippen molar-refractivity contribution >= 4 is 21.8 Å². The number of rotatable bonds is 3. The molecule has 2 rings (SSSR count). The van der Waals surface area contributed by atoms with Gasteiger partial charge in [0.25, 0.3) is 5.91 Å². The van der Waals surface area contributed by atoms with E-state index in [1.165, 1.54) is 19.3 Å². The molecule has 94 valence electrons. The Morgan fingerprint density at radius 1 is 1.47 bits per heavy atom. The molecule has 1 aromatic rings. The molecule has 4 heteroatoms. The Bertz CT molecular complexity index is 389. The maximum absolute atomic E-state index is 12.0. The zero-order chi connectivity index (χ0) is 12.3. The topological polar surface area (TPSA) is 42.2 Å². The molecule has 1 fully saturated rings. The van der Waals surface area contributed by atoms with Gasteiger partial charge in [-0.05, 0) is 46.8 Å². The van der Waals surface area contributed by atoms with E-state index in [1.54, 1.807) is 12.1 Å². The van der Waals surface area contributed by atoms with Gasteiger partial charge in [-0.15, -0.1) is 0 Å². The van der Waals surface area contributed by atoms with Crippen molar-refractivity contribution in [2.75, 3.05) is 0 Å². The van der Waals surface area contributed by atoms with Gasteiger partial charge in [0.1, 0.15) is 0 Å². The van der Waals surface area contributed by atoms with Crippen molar-refractivity contribution in [1.29, 1.82) is 0 Å². The molecule has 17 heavy (non-hydrogen) atoms. The Balaban J connectivity index is 1.97. The van der Waals surface area contributed by atoms with Gasteiger partial charge in [-0.25, -0.2) is 0 Å². The highest BCUT2D eigenvalue weighted by molar-refractivity contribution is 9.10. The third-order valence-corrected chi connectivity index (χ3v) is 3.97. The maximum atomic E-state index is 12.0. The molecule has 0 bridgehead atoms. The summed E-state index contributed by atoms with van der Waals surface area (Å²) in [7, 11) is 0. The zero-order valence-corrected chi connectivity index (χ0v) is 11.6. The van der Waals surface area contributed by atoms with Crippen molar-refractivity contribution < 1.29 is 9.21 Å². The highest BCUT2D eigenvalue weighted by atomic mass is 79.9. The Labute approximate surface area is 110 Å². The smallest absolute Gasteiger partial charge is 0.287 e. The SMILES string of the molecule is CCC1CCCCC1NC(=O)c1ccc(Br)o1. The molecule has 0 aromatic carbocycles. The number of hydrogen-bond acceptors (Lipinski definition) is 2. The molecule has 1 amide bonds. The minimum Gasteiger partial charge on any atom is -0.444 e. The van der Waals surface area contributed by atoms with Crippen LogP contribution in [0, 0.1) is 5.92 Å². The number of carbonyl (C=O) groups is 1. The van der Waals surface area contributed by atoms with Crippen LogP contribution < -0.4 is 5.32 Å². The molecule has 0 saturated heterocycles. The average molecular weight is 300 g/mol. The summed E-state index contributed by atoms with van der Waals surface area (Å²) in [6.07, 6.45) is 5.95. The van der Waals surface area contributed by atoms with Gasteiger partial charge in [0.05, 0.1) is 0 Å². The lowest BCUT2D eigenvalue weighted by molar-refractivity contribution is 0.0875. The van der Waals surface area contributed by atoms with Gasteiger partial charge in [0.2, 0.25) is 0 Å². The van der Waals surface area contributed by atoms with E-state index in [2.05, 4.69) is 28.2 Å². The zero-order valence-electron chi connectivity index (χ0n) is 10.0. The summed E-state index contributed by atoms with van der Waals surface area (Å²) in [5.41, 5.74) is 0. The van der Waals surface area contributed by atoms with E-state index in [9.17, 15) is 4.79 Å². The van der Waals surface area contributed by atoms with Crippen LogP contribution in [0.1, 0.15) is 49.6 Å². The van der Waals surface area contributed by atoms with Gasteiger partial charge < -0.3 is 9.73 Å². The molecular weight excluding hydrogens is 282 g/mol. The third-order valence-electron chi connectivity index (χ3n) is 3.55. The molecule has 0 aliphatic heterocycles. The number of amides is 1. The largest absolute Gasteiger partial charge is 0.444 e. The molecule has 3 nitrogen and oxygen atoms in total. The Morgan fingerprint density at radius 2 is 2.24 bits per heavy atom. The first kappa shape index (κ1) is 12.7. The molecule has 1 aromatic heterocycles. The molecule has 2 unspecified atom stereocenters. The predicted molar refractivity (Wildman–Crippen MR) is 69.9 cm³/mol. The second-order valence-corrected chi connectivity index (χ2v) is 5.42. The van der Waals surface area contributed by atoms with Crippen LogP contribution >= 0.6 is 15.9 Å². The first-order valence-electron chi connectivity index (χ1n) is 6.27. The monoisotopic (exact) mass is 299 g/mol. The fourth-order valence-electron chi connectivity index (χ4n) is 2.56. The van der Waals surface area contributed by atoms with Gasteiger partial charge in [-0.1, -0.05) is 26.2 Å². The van der Waals surface area contributed by atoms with Crippen LogP contribution in [0.5, 0.6) is 0 Å². The second-order valence-electron chi connectivity index (χ2n) is 4.64. The first-order valence-corrected chi connectivity index (χ1v) is 7.06. The molecule has 0 radical (unpaired) electrons. The molecule has 1 heterocycles. The normalized spacial score (nSPS) is 24.6. The maximum Gasteiger partial charge on any atom is 0.287 e. The standard InChI is InChI=1S/C13H18BrNO2/c1-2-9-5-3-4-6-10(9)15-13(16)11-7-8-12(14)17-11/h7-10H,2-6H2,1H3,(H,15,16). The predicted octanol–water partition coefficient (Wildman–Crippen LogP) is 3.74. The van der Waals surface area contributed by atoms with E-state index in [0.717, 1.165) is 12.8 Å². The molecule has 1 aliphatic carbocycles. The van der Waals surface area contributed by atoms with Crippen LogP contribution in [0.4, 0.5) is 0 Å². The van der Waals surface area contributed by atoms with Gasteiger partial charge >= 0.3 is 0 Å². The van der Waals surface area contributed by atoms with E-state index in [4.69, 9.17) is 4.42 Å². The summed E-state index contributed by atoms with van der Waals surface area (Å²) >= 11 is 3.20. The second kappa shape index (κ2) is 5.71. The fraction of sp³-hybridized carbons (Fsp3) is 0.615. The van der Waals surface area contributed by atoms with Crippen molar-refractivity contribution in [2.45, 2.75) is 45.1 Å². The van der Waals surface area contributed by atoms with Gasteiger partial charge in [-0.2, -0.15) is 0 Å². The van der Waals surface area contributed by atoms with Crippen molar-refractivity contribution in [1.82, 2.24) is 5.32 Å². The van der Waals surface area contributed by atoms with Crippen molar-refractivity contribution in [3.8, 4) is 0 Å². The molecular formula is C13H18BrNO2. The lowest BCUT2D eigenvalue weighted by Gasteiger charge is -2.31. The number of furan rings is 1. The Kier molecular flexibility index (Phi) is 4.26. The summed E-state index contributed by atoms with van der Waals surface area (Å²) in [5.74, 6) is 0.907. The summed E-state index contributed by atoms with van der Waals surface area (Å²) in [6, 6.07) is 3.75. The number of carbonyl (C=O) groups excluding carboxylic acids is 1. The first-order chi connectivity index (χ1) is 8.20. The minimum atomic E-state index is -0.0962. The van der Waals surface area contributed by atoms with Gasteiger partial charge in [0.15, 0.2) is 10.4 Å². The van der Waals surface area contributed by atoms with E-state index in [0.29, 0.717) is 22.4 Å². The lowest BCUT2D eigenvalue weighted by atomic mass is 9.83. The van der Waals surface area contributed by atoms with Crippen LogP contribution in [-0.2, 0) is 0 Å². The van der Waals surface area contributed by atoms with Gasteiger partial charge in [0, 0.05) is 6.04 Å². The van der Waals surface area contributed by atoms with E-state index in [-0.39, 0.29) is 5.91 Å². The van der Waals surface area contributed by atoms with E-state index >= 15 is 0 Å². The third kappa shape index (κ3) is 3.12. The van der Waals surface area contributed by atoms with Crippen LogP contribution in [0.3, 0.4) is 0 Å². The summed E-state index contributed by atoms with van der Waals surface area (Å²) in [5, 5.41) is 3.10. The molecule has 1 aliphatic rings. The van der Waals surface area contributed by atoms with Crippen molar-refractivity contribution in [3.63, 3.8) is 0 Å². The van der Waals surface area contributed by atoms with Crippen LogP contribution in [0.25, 0.3) is 0 Å². The number of hydrogen-bond donors (Lipinski definition) is 1. The average Bonchev–Trinajstić information content (AvgIpc) is 2.77. The van der Waals surface area contributed by atoms with Crippen LogP contribution in [0.15, 0.2) is 21.2 Å². The number of halogens is 1. The van der Waals surface area contributed by atoms with Crippen molar-refractivity contribution in [2.24, 2.45) is 5.92 Å². The van der Waals surface area contributed by atoms with E-state index < -0.39 is 0 Å². The number of nitrogens with one attached hydrogen (secondary N) is 1. The highest BCUT2D eigenvalue weighted by Crippen LogP contribution is 2.27. The van der Waals surface area contributed by atoms with Crippen LogP contribution in [0.2, 0.25) is 0 Å². The van der Waals surface area contributed by atoms with Crippen LogP contribution in [-0.4, -0.2) is 11.9 Å². The molecule has 1 N–H and O–H groups in total. The minimum absolute atomic E-state index is 0.0962. The molecule has 2 atom stereocenters. The van der Waals surface area contributed by atoms with E-state index in [1.807, 2.05) is 0 Å². The summed E-state index contributed by atoms with van der Waals surface area (Å²) < 4.78 is 5.86. The Hall–Kier alpha value is -0.770.